The van der Waals surface area contributed by atoms with Crippen LogP contribution in [-0.4, -0.2) is 26.2 Å². The number of hydrogen-bond acceptors (Lipinski definition) is 5. The summed E-state index contributed by atoms with van der Waals surface area (Å²) in [5, 5.41) is 10.6. The van der Waals surface area contributed by atoms with Crippen molar-refractivity contribution in [3.05, 3.63) is 10.4 Å². The second kappa shape index (κ2) is 11.1. The standard InChI is InChI=1S/C4H5NOS.C2H2Cl2O.C2H5NS/c1-3-5-4(6)2-7-3;3-1-2(4)5;1-2(3)4/h2,6H,1H3;1H2;1H3,(H2,3,4). The molecule has 1 aromatic heterocycles. The third kappa shape index (κ3) is 19.2. The van der Waals surface area contributed by atoms with Crippen molar-refractivity contribution < 1.29 is 9.90 Å². The lowest BCUT2D eigenvalue weighted by Gasteiger charge is -1.71. The summed E-state index contributed by atoms with van der Waals surface area (Å²) < 4.78 is 0. The maximum Gasteiger partial charge on any atom is 0.236 e. The van der Waals surface area contributed by atoms with E-state index in [0.29, 0.717) is 4.99 Å². The molecule has 1 heterocycles. The molecule has 1 aromatic rings. The largest absolute Gasteiger partial charge is 0.493 e. The zero-order valence-electron chi connectivity index (χ0n) is 8.74. The van der Waals surface area contributed by atoms with Gasteiger partial charge in [-0.1, -0.05) is 12.2 Å². The van der Waals surface area contributed by atoms with E-state index >= 15 is 0 Å². The Morgan fingerprint density at radius 3 is 2.19 bits per heavy atom. The van der Waals surface area contributed by atoms with Crippen molar-refractivity contribution in [2.75, 3.05) is 5.88 Å². The third-order valence-corrected chi connectivity index (χ3v) is 1.99. The quantitative estimate of drug-likeness (QED) is 0.473. The fourth-order valence-electron chi connectivity index (χ4n) is 0.352. The second-order valence-corrected chi connectivity index (χ2v) is 4.72. The minimum atomic E-state index is -0.508. The summed E-state index contributed by atoms with van der Waals surface area (Å²) in [6.45, 7) is 3.53. The van der Waals surface area contributed by atoms with Gasteiger partial charge in [-0.2, -0.15) is 0 Å². The van der Waals surface area contributed by atoms with Gasteiger partial charge in [0.1, 0.15) is 0 Å². The van der Waals surface area contributed by atoms with Crippen LogP contribution in [0.1, 0.15) is 11.9 Å². The van der Waals surface area contributed by atoms with Crippen molar-refractivity contribution in [1.82, 2.24) is 4.98 Å². The van der Waals surface area contributed by atoms with Gasteiger partial charge in [-0.15, -0.1) is 22.9 Å². The summed E-state index contributed by atoms with van der Waals surface area (Å²) in [4.78, 5) is 13.6. The Balaban J connectivity index is 0. The predicted molar refractivity (Wildman–Crippen MR) is 72.6 cm³/mol. The molecule has 0 radical (unpaired) electrons. The molecule has 0 aliphatic carbocycles. The van der Waals surface area contributed by atoms with Crippen molar-refractivity contribution in [1.29, 1.82) is 0 Å². The number of halogens is 2. The zero-order valence-corrected chi connectivity index (χ0v) is 11.9. The molecule has 0 aliphatic heterocycles. The highest BCUT2D eigenvalue weighted by Gasteiger charge is 1.88. The number of rotatable bonds is 1. The van der Waals surface area contributed by atoms with Crippen LogP contribution in [0.5, 0.6) is 5.88 Å². The molecule has 92 valence electrons. The van der Waals surface area contributed by atoms with Crippen LogP contribution < -0.4 is 5.73 Å². The summed E-state index contributed by atoms with van der Waals surface area (Å²) in [5.41, 5.74) is 4.84. The van der Waals surface area contributed by atoms with E-state index in [1.165, 1.54) is 11.3 Å². The van der Waals surface area contributed by atoms with Crippen LogP contribution >= 0.6 is 46.8 Å². The molecule has 0 saturated carbocycles. The fraction of sp³-hybridized carbons (Fsp3) is 0.375. The van der Waals surface area contributed by atoms with E-state index in [-0.39, 0.29) is 11.8 Å². The highest BCUT2D eigenvalue weighted by atomic mass is 35.5. The van der Waals surface area contributed by atoms with Crippen LogP contribution in [-0.2, 0) is 4.79 Å². The normalized spacial score (nSPS) is 8.00. The van der Waals surface area contributed by atoms with E-state index < -0.39 is 5.24 Å². The number of carbonyl (C=O) groups is 1. The van der Waals surface area contributed by atoms with E-state index in [1.807, 2.05) is 6.92 Å². The monoisotopic (exact) mass is 302 g/mol. The molecular weight excluding hydrogens is 291 g/mol. The van der Waals surface area contributed by atoms with Crippen LogP contribution in [0, 0.1) is 6.92 Å². The lowest BCUT2D eigenvalue weighted by molar-refractivity contribution is -0.109. The molecule has 0 amide bonds. The highest BCUT2D eigenvalue weighted by Crippen LogP contribution is 2.11. The molecule has 0 unspecified atom stereocenters. The molecule has 8 heteroatoms. The number of nitrogens with zero attached hydrogens (tertiary/aromatic N) is 1. The van der Waals surface area contributed by atoms with Gasteiger partial charge in [-0.05, 0) is 25.4 Å². The van der Waals surface area contributed by atoms with Gasteiger partial charge in [0.15, 0.2) is 0 Å². The Morgan fingerprint density at radius 2 is 2.12 bits per heavy atom. The minimum Gasteiger partial charge on any atom is -0.493 e. The van der Waals surface area contributed by atoms with Crippen molar-refractivity contribution in [3.8, 4) is 5.88 Å². The Morgan fingerprint density at radius 1 is 1.75 bits per heavy atom. The van der Waals surface area contributed by atoms with E-state index in [4.69, 9.17) is 34.0 Å². The molecule has 0 aromatic carbocycles. The summed E-state index contributed by atoms with van der Waals surface area (Å²) in [7, 11) is 0. The number of thiocarbonyl (C=S) groups is 1. The number of aromatic hydroxyl groups is 1. The molecule has 1 rings (SSSR count). The summed E-state index contributed by atoms with van der Waals surface area (Å²) >= 11 is 15.3. The fourth-order valence-corrected chi connectivity index (χ4v) is 0.827. The first-order chi connectivity index (χ1) is 7.29. The molecular formula is C8H12Cl2N2O2S2. The van der Waals surface area contributed by atoms with Crippen molar-refractivity contribution in [2.45, 2.75) is 13.8 Å². The number of aryl methyl sites for hydroxylation is 1. The van der Waals surface area contributed by atoms with Crippen LogP contribution in [0.3, 0.4) is 0 Å². The lowest BCUT2D eigenvalue weighted by Crippen LogP contribution is -1.98. The summed E-state index contributed by atoms with van der Waals surface area (Å²) in [6.07, 6.45) is 0. The molecule has 0 atom stereocenters. The first kappa shape index (κ1) is 17.9. The third-order valence-electron chi connectivity index (χ3n) is 0.712. The lowest BCUT2D eigenvalue weighted by atomic mass is 10.8. The summed E-state index contributed by atoms with van der Waals surface area (Å²) in [6, 6.07) is 0. The van der Waals surface area contributed by atoms with Gasteiger partial charge < -0.3 is 10.8 Å². The van der Waals surface area contributed by atoms with Gasteiger partial charge in [-0.25, -0.2) is 4.98 Å². The average Bonchev–Trinajstić information content (AvgIpc) is 2.50. The molecule has 16 heavy (non-hydrogen) atoms. The van der Waals surface area contributed by atoms with Gasteiger partial charge in [-0.3, -0.25) is 4.79 Å². The highest BCUT2D eigenvalue weighted by molar-refractivity contribution is 7.80. The van der Waals surface area contributed by atoms with Crippen molar-refractivity contribution in [2.24, 2.45) is 5.73 Å². The smallest absolute Gasteiger partial charge is 0.236 e. The number of nitrogens with two attached hydrogens (primary N) is 1. The average molecular weight is 303 g/mol. The Hall–Kier alpha value is -0.430. The Bertz CT molecular complexity index is 311. The first-order valence-corrected chi connectivity index (χ1v) is 6.11. The molecule has 3 N–H and O–H groups in total. The van der Waals surface area contributed by atoms with Crippen LogP contribution in [0.2, 0.25) is 0 Å². The van der Waals surface area contributed by atoms with Crippen LogP contribution in [0.25, 0.3) is 0 Å². The van der Waals surface area contributed by atoms with E-state index in [0.717, 1.165) is 5.01 Å². The predicted octanol–water partition coefficient (Wildman–Crippen LogP) is 2.44. The van der Waals surface area contributed by atoms with E-state index in [1.54, 1.807) is 12.3 Å². The Labute approximate surface area is 113 Å². The van der Waals surface area contributed by atoms with Crippen LogP contribution in [0.4, 0.5) is 0 Å². The maximum absolute atomic E-state index is 9.45. The topological polar surface area (TPSA) is 76.2 Å². The second-order valence-electron chi connectivity index (χ2n) is 2.32. The Kier molecular flexibility index (Phi) is 12.4. The number of alkyl halides is 1. The first-order valence-electron chi connectivity index (χ1n) is 3.91. The zero-order chi connectivity index (χ0) is 13.1. The van der Waals surface area contributed by atoms with Gasteiger partial charge in [0, 0.05) is 0 Å². The minimum absolute atomic E-state index is 0.0957. The number of thiazole rings is 1. The van der Waals surface area contributed by atoms with Crippen molar-refractivity contribution in [3.63, 3.8) is 0 Å². The SMILES string of the molecule is CC(N)=S.Cc1nc(O)cs1.O=C(Cl)CCl. The molecule has 0 saturated heterocycles. The van der Waals surface area contributed by atoms with Gasteiger partial charge >= 0.3 is 0 Å². The van der Waals surface area contributed by atoms with Crippen molar-refractivity contribution >= 4 is 57.0 Å². The number of hydrogen-bond donors (Lipinski definition) is 2. The molecule has 0 fully saturated rings. The summed E-state index contributed by atoms with van der Waals surface area (Å²) in [5.74, 6) is 0.0316. The molecule has 0 bridgehead atoms. The van der Waals surface area contributed by atoms with E-state index in [2.05, 4.69) is 17.2 Å². The van der Waals surface area contributed by atoms with Gasteiger partial charge in [0.05, 0.1) is 21.3 Å². The van der Waals surface area contributed by atoms with Gasteiger partial charge in [0.2, 0.25) is 11.1 Å². The molecule has 0 aliphatic rings. The number of carbonyl (C=O) groups excluding carboxylic acids is 1. The molecule has 4 nitrogen and oxygen atoms in total. The maximum atomic E-state index is 9.45. The number of aromatic nitrogens is 1. The van der Waals surface area contributed by atoms with Crippen LogP contribution in [0.15, 0.2) is 5.38 Å². The van der Waals surface area contributed by atoms with Gasteiger partial charge in [0.25, 0.3) is 0 Å². The molecule has 0 spiro atoms. The van der Waals surface area contributed by atoms with E-state index in [9.17, 15) is 4.79 Å².